The maximum atomic E-state index is 6.42. The lowest BCUT2D eigenvalue weighted by Crippen LogP contribution is -2.35. The summed E-state index contributed by atoms with van der Waals surface area (Å²) < 4.78 is 0. The first-order valence-electron chi connectivity index (χ1n) is 5.47. The van der Waals surface area contributed by atoms with Gasteiger partial charge in [0.1, 0.15) is 0 Å². The summed E-state index contributed by atoms with van der Waals surface area (Å²) in [6, 6.07) is 12.6. The van der Waals surface area contributed by atoms with Crippen molar-refractivity contribution in [3.63, 3.8) is 0 Å². The average molecular weight is 231 g/mol. The number of rotatable bonds is 3. The highest BCUT2D eigenvalue weighted by Crippen LogP contribution is 2.28. The Morgan fingerprint density at radius 3 is 2.44 bits per heavy atom. The molecule has 2 N–H and O–H groups in total. The van der Waals surface area contributed by atoms with Crippen LogP contribution in [0, 0.1) is 6.92 Å². The summed E-state index contributed by atoms with van der Waals surface area (Å²) in [5.41, 5.74) is 8.70. The summed E-state index contributed by atoms with van der Waals surface area (Å²) in [7, 11) is 0. The minimum Gasteiger partial charge on any atom is -0.321 e. The van der Waals surface area contributed by atoms with Crippen molar-refractivity contribution in [3.8, 4) is 0 Å². The van der Waals surface area contributed by atoms with Gasteiger partial charge in [0, 0.05) is 10.4 Å². The normalized spacial score (nSPS) is 14.7. The first kappa shape index (κ1) is 11.4. The molecular weight excluding hydrogens is 214 g/mol. The largest absolute Gasteiger partial charge is 0.321 e. The predicted molar refractivity (Wildman–Crippen MR) is 70.7 cm³/mol. The van der Waals surface area contributed by atoms with E-state index in [9.17, 15) is 0 Å². The average Bonchev–Trinajstić information content (AvgIpc) is 2.66. The van der Waals surface area contributed by atoms with Crippen LogP contribution in [0.3, 0.4) is 0 Å². The van der Waals surface area contributed by atoms with Gasteiger partial charge in [0.05, 0.1) is 0 Å². The Bertz CT molecular complexity index is 457. The topological polar surface area (TPSA) is 26.0 Å². The van der Waals surface area contributed by atoms with Crippen molar-refractivity contribution in [2.24, 2.45) is 5.73 Å². The van der Waals surface area contributed by atoms with Gasteiger partial charge in [-0.2, -0.15) is 0 Å². The lowest BCUT2D eigenvalue weighted by Gasteiger charge is -2.25. The molecule has 0 spiro atoms. The standard InChI is InChI=1S/C14H17NS/c1-11-13(8-9-16-11)14(2,15)10-12-6-4-3-5-7-12/h3-9H,10,15H2,1-2H3. The van der Waals surface area contributed by atoms with Crippen LogP contribution in [-0.4, -0.2) is 0 Å². The molecule has 1 atom stereocenters. The third kappa shape index (κ3) is 2.34. The summed E-state index contributed by atoms with van der Waals surface area (Å²) >= 11 is 1.76. The first-order valence-corrected chi connectivity index (χ1v) is 6.35. The number of hydrogen-bond acceptors (Lipinski definition) is 2. The molecule has 0 bridgehead atoms. The highest BCUT2D eigenvalue weighted by Gasteiger charge is 2.23. The SMILES string of the molecule is Cc1sccc1C(C)(N)Cc1ccccc1. The third-order valence-electron chi connectivity index (χ3n) is 2.89. The van der Waals surface area contributed by atoms with Crippen LogP contribution in [-0.2, 0) is 12.0 Å². The van der Waals surface area contributed by atoms with Crippen LogP contribution in [0.4, 0.5) is 0 Å². The quantitative estimate of drug-likeness (QED) is 0.860. The van der Waals surface area contributed by atoms with Gasteiger partial charge in [0.15, 0.2) is 0 Å². The zero-order valence-electron chi connectivity index (χ0n) is 9.73. The molecule has 1 aromatic carbocycles. The smallest absolute Gasteiger partial charge is 0.0432 e. The molecule has 1 aromatic heterocycles. The molecule has 0 aliphatic carbocycles. The number of aryl methyl sites for hydroxylation is 1. The monoisotopic (exact) mass is 231 g/mol. The van der Waals surface area contributed by atoms with Crippen molar-refractivity contribution in [1.82, 2.24) is 0 Å². The van der Waals surface area contributed by atoms with Gasteiger partial charge >= 0.3 is 0 Å². The molecule has 2 heteroatoms. The molecule has 0 aliphatic heterocycles. The van der Waals surface area contributed by atoms with E-state index in [0.29, 0.717) is 0 Å². The second kappa shape index (κ2) is 4.40. The van der Waals surface area contributed by atoms with Crippen LogP contribution in [0.25, 0.3) is 0 Å². The first-order chi connectivity index (χ1) is 7.59. The zero-order valence-corrected chi connectivity index (χ0v) is 10.6. The molecule has 0 saturated carbocycles. The van der Waals surface area contributed by atoms with E-state index in [1.807, 2.05) is 6.07 Å². The fraction of sp³-hybridized carbons (Fsp3) is 0.286. The number of thiophene rings is 1. The van der Waals surface area contributed by atoms with Crippen LogP contribution in [0.2, 0.25) is 0 Å². The van der Waals surface area contributed by atoms with Gasteiger partial charge in [0.2, 0.25) is 0 Å². The van der Waals surface area contributed by atoms with Gasteiger partial charge in [-0.3, -0.25) is 0 Å². The summed E-state index contributed by atoms with van der Waals surface area (Å²) in [5, 5.41) is 2.11. The third-order valence-corrected chi connectivity index (χ3v) is 3.73. The minimum absolute atomic E-state index is 0.272. The van der Waals surface area contributed by atoms with E-state index < -0.39 is 0 Å². The van der Waals surface area contributed by atoms with E-state index in [1.165, 1.54) is 16.0 Å². The molecule has 1 nitrogen and oxygen atoms in total. The molecule has 0 aliphatic rings. The Morgan fingerprint density at radius 2 is 1.88 bits per heavy atom. The molecule has 2 rings (SSSR count). The summed E-state index contributed by atoms with van der Waals surface area (Å²) in [6.45, 7) is 4.24. The summed E-state index contributed by atoms with van der Waals surface area (Å²) in [5.74, 6) is 0. The second-order valence-corrected chi connectivity index (χ2v) is 5.59. The molecule has 1 heterocycles. The molecule has 0 radical (unpaired) electrons. The van der Waals surface area contributed by atoms with Crippen LogP contribution < -0.4 is 5.73 Å². The van der Waals surface area contributed by atoms with Crippen molar-refractivity contribution in [1.29, 1.82) is 0 Å². The molecule has 84 valence electrons. The van der Waals surface area contributed by atoms with Gasteiger partial charge in [-0.15, -0.1) is 11.3 Å². The van der Waals surface area contributed by atoms with Gasteiger partial charge in [-0.05, 0) is 42.8 Å². The van der Waals surface area contributed by atoms with E-state index in [4.69, 9.17) is 5.73 Å². The van der Waals surface area contributed by atoms with Crippen molar-refractivity contribution < 1.29 is 0 Å². The van der Waals surface area contributed by atoms with E-state index >= 15 is 0 Å². The fourth-order valence-electron chi connectivity index (χ4n) is 2.09. The van der Waals surface area contributed by atoms with E-state index in [0.717, 1.165) is 6.42 Å². The van der Waals surface area contributed by atoms with Crippen molar-refractivity contribution in [3.05, 3.63) is 57.8 Å². The predicted octanol–water partition coefficient (Wildman–Crippen LogP) is 3.47. The maximum absolute atomic E-state index is 6.42. The lowest BCUT2D eigenvalue weighted by atomic mass is 9.87. The molecule has 0 saturated heterocycles. The van der Waals surface area contributed by atoms with Crippen molar-refractivity contribution in [2.45, 2.75) is 25.8 Å². The maximum Gasteiger partial charge on any atom is 0.0432 e. The highest BCUT2D eigenvalue weighted by atomic mass is 32.1. The van der Waals surface area contributed by atoms with Crippen molar-refractivity contribution in [2.75, 3.05) is 0 Å². The Labute approximate surface area is 101 Å². The Morgan fingerprint density at radius 1 is 1.19 bits per heavy atom. The van der Waals surface area contributed by atoms with Crippen molar-refractivity contribution >= 4 is 11.3 Å². The number of hydrogen-bond donors (Lipinski definition) is 1. The highest BCUT2D eigenvalue weighted by molar-refractivity contribution is 7.10. The molecule has 0 fully saturated rings. The minimum atomic E-state index is -0.272. The Kier molecular flexibility index (Phi) is 3.13. The van der Waals surface area contributed by atoms with E-state index in [1.54, 1.807) is 11.3 Å². The molecule has 0 amide bonds. The summed E-state index contributed by atoms with van der Waals surface area (Å²) in [4.78, 5) is 1.32. The molecule has 16 heavy (non-hydrogen) atoms. The lowest BCUT2D eigenvalue weighted by molar-refractivity contribution is 0.491. The van der Waals surface area contributed by atoms with Crippen LogP contribution >= 0.6 is 11.3 Å². The Hall–Kier alpha value is -1.12. The number of benzene rings is 1. The molecule has 2 aromatic rings. The van der Waals surface area contributed by atoms with Gasteiger partial charge in [-0.1, -0.05) is 30.3 Å². The van der Waals surface area contributed by atoms with Crippen LogP contribution in [0.5, 0.6) is 0 Å². The van der Waals surface area contributed by atoms with Gasteiger partial charge in [-0.25, -0.2) is 0 Å². The Balaban J connectivity index is 2.24. The number of nitrogens with two attached hydrogens (primary N) is 1. The molecule has 1 unspecified atom stereocenters. The molecular formula is C14H17NS. The zero-order chi connectivity index (χ0) is 11.6. The second-order valence-electron chi connectivity index (χ2n) is 4.47. The van der Waals surface area contributed by atoms with Gasteiger partial charge < -0.3 is 5.73 Å². The van der Waals surface area contributed by atoms with E-state index in [2.05, 4.69) is 49.6 Å². The van der Waals surface area contributed by atoms with E-state index in [-0.39, 0.29) is 5.54 Å². The van der Waals surface area contributed by atoms with Gasteiger partial charge in [0.25, 0.3) is 0 Å². The summed E-state index contributed by atoms with van der Waals surface area (Å²) in [6.07, 6.45) is 0.880. The van der Waals surface area contributed by atoms with Crippen LogP contribution in [0.15, 0.2) is 41.8 Å². The fourth-order valence-corrected chi connectivity index (χ4v) is 2.93. The van der Waals surface area contributed by atoms with Crippen LogP contribution in [0.1, 0.15) is 22.9 Å².